The summed E-state index contributed by atoms with van der Waals surface area (Å²) in [6.07, 6.45) is 3.52. The van der Waals surface area contributed by atoms with Crippen LogP contribution in [0.3, 0.4) is 0 Å². The summed E-state index contributed by atoms with van der Waals surface area (Å²) < 4.78 is 5.14. The third-order valence-electron chi connectivity index (χ3n) is 4.16. The number of hydrogen-bond acceptors (Lipinski definition) is 4. The lowest BCUT2D eigenvalue weighted by Gasteiger charge is -2.28. The third-order valence-corrected chi connectivity index (χ3v) is 4.16. The number of quaternary nitrogens is 1. The van der Waals surface area contributed by atoms with E-state index in [0.29, 0.717) is 11.4 Å². The van der Waals surface area contributed by atoms with Gasteiger partial charge in [-0.1, -0.05) is 0 Å². The quantitative estimate of drug-likeness (QED) is 0.627. The predicted octanol–water partition coefficient (Wildman–Crippen LogP) is 0.999. The normalized spacial score (nSPS) is 16.8. The summed E-state index contributed by atoms with van der Waals surface area (Å²) in [4.78, 5) is 23.9. The van der Waals surface area contributed by atoms with Crippen molar-refractivity contribution in [2.24, 2.45) is 0 Å². The molecule has 1 aromatic carbocycles. The number of benzene rings is 1. The van der Waals surface area contributed by atoms with E-state index in [1.165, 1.54) is 36.6 Å². The highest BCUT2D eigenvalue weighted by Crippen LogP contribution is 2.28. The van der Waals surface area contributed by atoms with Gasteiger partial charge < -0.3 is 15.0 Å². The van der Waals surface area contributed by atoms with Crippen LogP contribution in [0.4, 0.5) is 11.4 Å². The van der Waals surface area contributed by atoms with Gasteiger partial charge in [0.05, 0.1) is 36.9 Å². The summed E-state index contributed by atoms with van der Waals surface area (Å²) in [5, 5.41) is 13.6. The van der Waals surface area contributed by atoms with E-state index >= 15 is 0 Å². The molecule has 2 N–H and O–H groups in total. The number of nitrogens with one attached hydrogen (secondary N) is 2. The molecule has 1 fully saturated rings. The van der Waals surface area contributed by atoms with Gasteiger partial charge in [0.15, 0.2) is 6.04 Å². The number of non-ortho nitro benzene ring substituents is 1. The van der Waals surface area contributed by atoms with Crippen molar-refractivity contribution in [2.75, 3.05) is 25.5 Å². The van der Waals surface area contributed by atoms with Crippen LogP contribution < -0.4 is 15.0 Å². The highest BCUT2D eigenvalue weighted by molar-refractivity contribution is 5.95. The maximum absolute atomic E-state index is 12.4. The first-order chi connectivity index (χ1) is 10.5. The molecule has 1 saturated heterocycles. The van der Waals surface area contributed by atoms with Crippen LogP contribution in [0.1, 0.15) is 26.2 Å². The standard InChI is InChI=1S/C15H21N3O4/c1-11(17-8-4-3-5-9-17)15(19)16-13-7-6-12(18(20)21)10-14(13)22-2/h6-7,10-11H,3-5,8-9H2,1-2H3,(H,16,19)/p+1/t11-/m0/s1. The zero-order valence-electron chi connectivity index (χ0n) is 12.9. The lowest BCUT2D eigenvalue weighted by Crippen LogP contribution is -3.17. The molecule has 2 rings (SSSR count). The minimum Gasteiger partial charge on any atom is -0.494 e. The number of carbonyl (C=O) groups excluding carboxylic acids is 1. The molecule has 1 aromatic rings. The molecule has 1 heterocycles. The van der Waals surface area contributed by atoms with Crippen LogP contribution in [0.2, 0.25) is 0 Å². The van der Waals surface area contributed by atoms with E-state index in [9.17, 15) is 14.9 Å². The molecule has 0 aliphatic carbocycles. The van der Waals surface area contributed by atoms with Crippen molar-refractivity contribution in [3.63, 3.8) is 0 Å². The molecular weight excluding hydrogens is 286 g/mol. The third kappa shape index (κ3) is 3.73. The van der Waals surface area contributed by atoms with Crippen LogP contribution in [0.15, 0.2) is 18.2 Å². The smallest absolute Gasteiger partial charge is 0.282 e. The first-order valence-corrected chi connectivity index (χ1v) is 7.51. The molecule has 0 aromatic heterocycles. The van der Waals surface area contributed by atoms with Crippen LogP contribution in [-0.4, -0.2) is 37.1 Å². The number of anilines is 1. The van der Waals surface area contributed by atoms with E-state index in [0.717, 1.165) is 25.9 Å². The number of nitro groups is 1. The molecule has 0 radical (unpaired) electrons. The van der Waals surface area contributed by atoms with E-state index < -0.39 is 4.92 Å². The van der Waals surface area contributed by atoms with Gasteiger partial charge in [-0.3, -0.25) is 14.9 Å². The van der Waals surface area contributed by atoms with E-state index in [1.807, 2.05) is 6.92 Å². The highest BCUT2D eigenvalue weighted by atomic mass is 16.6. The number of hydrogen-bond donors (Lipinski definition) is 2. The fourth-order valence-corrected chi connectivity index (χ4v) is 2.76. The summed E-state index contributed by atoms with van der Waals surface area (Å²) in [5.74, 6) is 0.201. The van der Waals surface area contributed by atoms with Crippen molar-refractivity contribution in [3.8, 4) is 5.75 Å². The second kappa shape index (κ2) is 7.22. The van der Waals surface area contributed by atoms with Gasteiger partial charge in [0, 0.05) is 6.07 Å². The fraction of sp³-hybridized carbons (Fsp3) is 0.533. The second-order valence-electron chi connectivity index (χ2n) is 5.57. The summed E-state index contributed by atoms with van der Waals surface area (Å²) in [6.45, 7) is 3.92. The van der Waals surface area contributed by atoms with Crippen molar-refractivity contribution in [3.05, 3.63) is 28.3 Å². The molecule has 120 valence electrons. The van der Waals surface area contributed by atoms with Gasteiger partial charge >= 0.3 is 0 Å². The van der Waals surface area contributed by atoms with E-state index in [2.05, 4.69) is 5.32 Å². The maximum Gasteiger partial charge on any atom is 0.282 e. The van der Waals surface area contributed by atoms with Crippen LogP contribution in [-0.2, 0) is 4.79 Å². The Morgan fingerprint density at radius 2 is 2.05 bits per heavy atom. The van der Waals surface area contributed by atoms with Gasteiger partial charge in [-0.25, -0.2) is 0 Å². The Balaban J connectivity index is 2.08. The first-order valence-electron chi connectivity index (χ1n) is 7.51. The number of rotatable bonds is 5. The molecule has 0 bridgehead atoms. The maximum atomic E-state index is 12.4. The number of nitro benzene ring substituents is 1. The molecule has 1 aliphatic rings. The number of methoxy groups -OCH3 is 1. The molecule has 1 amide bonds. The van der Waals surface area contributed by atoms with Gasteiger partial charge in [0.25, 0.3) is 11.6 Å². The Morgan fingerprint density at radius 1 is 1.36 bits per heavy atom. The molecular formula is C15H22N3O4+. The molecule has 1 aliphatic heterocycles. The number of ether oxygens (including phenoxy) is 1. The van der Waals surface area contributed by atoms with Gasteiger partial charge in [-0.2, -0.15) is 0 Å². The van der Waals surface area contributed by atoms with Gasteiger partial charge in [-0.15, -0.1) is 0 Å². The monoisotopic (exact) mass is 308 g/mol. The summed E-state index contributed by atoms with van der Waals surface area (Å²) in [6, 6.07) is 4.03. The number of piperidine rings is 1. The molecule has 0 unspecified atom stereocenters. The minimum absolute atomic E-state index is 0.0652. The van der Waals surface area contributed by atoms with Gasteiger partial charge in [-0.05, 0) is 32.3 Å². The van der Waals surface area contributed by atoms with E-state index in [-0.39, 0.29) is 17.6 Å². The highest BCUT2D eigenvalue weighted by Gasteiger charge is 2.27. The second-order valence-corrected chi connectivity index (χ2v) is 5.57. The zero-order valence-corrected chi connectivity index (χ0v) is 12.9. The largest absolute Gasteiger partial charge is 0.494 e. The molecule has 22 heavy (non-hydrogen) atoms. The van der Waals surface area contributed by atoms with Crippen LogP contribution >= 0.6 is 0 Å². The van der Waals surface area contributed by atoms with Crippen molar-refractivity contribution in [2.45, 2.75) is 32.2 Å². The lowest BCUT2D eigenvalue weighted by atomic mass is 10.1. The number of carbonyl (C=O) groups is 1. The molecule has 0 spiro atoms. The van der Waals surface area contributed by atoms with E-state index in [4.69, 9.17) is 4.74 Å². The number of nitrogens with zero attached hydrogens (tertiary/aromatic N) is 1. The predicted molar refractivity (Wildman–Crippen MR) is 82.3 cm³/mol. The lowest BCUT2D eigenvalue weighted by molar-refractivity contribution is -0.918. The number of amides is 1. The van der Waals surface area contributed by atoms with Crippen LogP contribution in [0.25, 0.3) is 0 Å². The molecule has 7 heteroatoms. The Morgan fingerprint density at radius 3 is 2.64 bits per heavy atom. The average Bonchev–Trinajstić information content (AvgIpc) is 2.55. The summed E-state index contributed by atoms with van der Waals surface area (Å²) in [7, 11) is 1.42. The topological polar surface area (TPSA) is 85.9 Å². The first kappa shape index (κ1) is 16.2. The van der Waals surface area contributed by atoms with Gasteiger partial charge in [0.1, 0.15) is 5.75 Å². The van der Waals surface area contributed by atoms with Crippen molar-refractivity contribution < 1.29 is 19.4 Å². The molecule has 1 atom stereocenters. The summed E-state index contributed by atoms with van der Waals surface area (Å²) >= 11 is 0. The van der Waals surface area contributed by atoms with E-state index in [1.54, 1.807) is 0 Å². The molecule has 7 nitrogen and oxygen atoms in total. The number of likely N-dealkylation sites (tertiary alicyclic amines) is 1. The Labute approximate surface area is 129 Å². The Bertz CT molecular complexity index is 556. The summed E-state index contributed by atoms with van der Waals surface area (Å²) in [5.41, 5.74) is 0.394. The molecule has 0 saturated carbocycles. The average molecular weight is 308 g/mol. The SMILES string of the molecule is COc1cc([N+](=O)[O-])ccc1NC(=O)[C@H](C)[NH+]1CCCCC1. The zero-order chi connectivity index (χ0) is 16.1. The minimum atomic E-state index is -0.491. The van der Waals surface area contributed by atoms with Crippen LogP contribution in [0, 0.1) is 10.1 Å². The van der Waals surface area contributed by atoms with Crippen molar-refractivity contribution >= 4 is 17.3 Å². The fourth-order valence-electron chi connectivity index (χ4n) is 2.76. The Hall–Kier alpha value is -2.15. The van der Waals surface area contributed by atoms with Crippen LogP contribution in [0.5, 0.6) is 5.75 Å². The Kier molecular flexibility index (Phi) is 5.32. The van der Waals surface area contributed by atoms with Gasteiger partial charge in [0.2, 0.25) is 0 Å². The van der Waals surface area contributed by atoms with Crippen molar-refractivity contribution in [1.29, 1.82) is 0 Å². The van der Waals surface area contributed by atoms with Crippen molar-refractivity contribution in [1.82, 2.24) is 0 Å².